The highest BCUT2D eigenvalue weighted by Gasteiger charge is 2.30. The van der Waals surface area contributed by atoms with Crippen LogP contribution >= 0.6 is 12.4 Å². The largest absolute Gasteiger partial charge is 0.490 e. The number of rotatable bonds is 5. The van der Waals surface area contributed by atoms with Gasteiger partial charge in [0, 0.05) is 54.5 Å². The van der Waals surface area contributed by atoms with Gasteiger partial charge in [-0.2, -0.15) is 13.2 Å². The smallest absolute Gasteiger partial charge is 0.416 e. The molecule has 38 heavy (non-hydrogen) atoms. The molecule has 198 valence electrons. The molecule has 1 amide bonds. The highest BCUT2D eigenvalue weighted by molar-refractivity contribution is 5.96. The Hall–Kier alpha value is -3.85. The second kappa shape index (κ2) is 11.3. The molecule has 0 unspecified atom stereocenters. The second-order valence-corrected chi connectivity index (χ2v) is 8.85. The Balaban J connectivity index is 0.00000336. The number of alkyl halides is 3. The minimum Gasteiger partial charge on any atom is -0.490 e. The summed E-state index contributed by atoms with van der Waals surface area (Å²) >= 11 is 0. The van der Waals surface area contributed by atoms with Gasteiger partial charge in [0.05, 0.1) is 11.1 Å². The molecule has 0 aliphatic carbocycles. The number of likely N-dealkylation sites (tertiary alicyclic amines) is 1. The number of piperidine rings is 1. The molecule has 2 heterocycles. The van der Waals surface area contributed by atoms with Crippen molar-refractivity contribution in [2.45, 2.75) is 25.1 Å². The quantitative estimate of drug-likeness (QED) is 0.269. The lowest BCUT2D eigenvalue weighted by molar-refractivity contribution is -0.137. The average Bonchev–Trinajstić information content (AvgIpc) is 2.90. The first-order chi connectivity index (χ1) is 17.8. The van der Waals surface area contributed by atoms with Crippen LogP contribution in [0, 0.1) is 5.82 Å². The van der Waals surface area contributed by atoms with Crippen LogP contribution in [0.25, 0.3) is 10.9 Å². The fourth-order valence-electron chi connectivity index (χ4n) is 4.35. The Bertz CT molecular complexity index is 1400. The first-order valence-electron chi connectivity index (χ1n) is 11.8. The van der Waals surface area contributed by atoms with Gasteiger partial charge < -0.3 is 15.0 Å². The molecule has 0 bridgehead atoms. The van der Waals surface area contributed by atoms with Gasteiger partial charge in [-0.3, -0.25) is 9.78 Å². The van der Waals surface area contributed by atoms with E-state index < -0.39 is 11.7 Å². The van der Waals surface area contributed by atoms with E-state index in [9.17, 15) is 22.4 Å². The SMILES string of the molecule is Cl.O=C(c1ccc(Nc2ccnc3cc(C(F)(F)F)ccc23)cc1)N1CCC(Oc2ccc(F)cc2)CC1. The Morgan fingerprint density at radius 3 is 2.29 bits per heavy atom. The zero-order valence-electron chi connectivity index (χ0n) is 20.0. The highest BCUT2D eigenvalue weighted by atomic mass is 35.5. The summed E-state index contributed by atoms with van der Waals surface area (Å²) in [5.74, 6) is 0.209. The predicted molar refractivity (Wildman–Crippen MR) is 140 cm³/mol. The molecular weight excluding hydrogens is 522 g/mol. The van der Waals surface area contributed by atoms with E-state index in [0.717, 1.165) is 12.1 Å². The third-order valence-electron chi connectivity index (χ3n) is 6.33. The molecule has 3 aromatic carbocycles. The maximum Gasteiger partial charge on any atom is 0.416 e. The summed E-state index contributed by atoms with van der Waals surface area (Å²) in [6.45, 7) is 1.10. The van der Waals surface area contributed by atoms with Crippen LogP contribution in [0.5, 0.6) is 5.75 Å². The maximum absolute atomic E-state index is 13.1. The van der Waals surface area contributed by atoms with Crippen molar-refractivity contribution in [2.24, 2.45) is 0 Å². The van der Waals surface area contributed by atoms with Crippen molar-refractivity contribution in [3.8, 4) is 5.75 Å². The minimum atomic E-state index is -4.44. The molecule has 0 atom stereocenters. The Kier molecular flexibility index (Phi) is 8.06. The molecule has 1 aliphatic heterocycles. The third-order valence-corrected chi connectivity index (χ3v) is 6.33. The molecule has 5 rings (SSSR count). The van der Waals surface area contributed by atoms with E-state index >= 15 is 0 Å². The predicted octanol–water partition coefficient (Wildman–Crippen LogP) is 7.24. The number of halogens is 5. The standard InChI is InChI=1S/C28H23F4N3O2.ClH/c29-20-4-8-22(9-5-20)37-23-12-15-35(16-13-23)27(36)18-1-6-21(7-2-18)34-25-11-14-33-26-17-19(28(30,31)32)3-10-24(25)26;/h1-11,14,17,23H,12-13,15-16H2,(H,33,34);1H. The molecule has 10 heteroatoms. The van der Waals surface area contributed by atoms with E-state index in [1.807, 2.05) is 0 Å². The molecule has 1 saturated heterocycles. The van der Waals surface area contributed by atoms with E-state index in [4.69, 9.17) is 4.74 Å². The van der Waals surface area contributed by atoms with Crippen LogP contribution in [0.3, 0.4) is 0 Å². The minimum absolute atomic E-state index is 0. The molecule has 0 spiro atoms. The van der Waals surface area contributed by atoms with E-state index in [0.29, 0.717) is 54.0 Å². The molecule has 4 aromatic rings. The molecule has 1 aromatic heterocycles. The van der Waals surface area contributed by atoms with Gasteiger partial charge in [0.25, 0.3) is 5.91 Å². The highest BCUT2D eigenvalue weighted by Crippen LogP contribution is 2.33. The average molecular weight is 546 g/mol. The summed E-state index contributed by atoms with van der Waals surface area (Å²) in [5.41, 5.74) is 1.33. The number of hydrogen-bond acceptors (Lipinski definition) is 4. The number of carbonyl (C=O) groups excluding carboxylic acids is 1. The van der Waals surface area contributed by atoms with Gasteiger partial charge in [-0.25, -0.2) is 4.39 Å². The first kappa shape index (κ1) is 27.2. The zero-order valence-corrected chi connectivity index (χ0v) is 20.9. The lowest BCUT2D eigenvalue weighted by atomic mass is 10.1. The summed E-state index contributed by atoms with van der Waals surface area (Å²) < 4.78 is 58.1. The molecule has 1 N–H and O–H groups in total. The number of amides is 1. The topological polar surface area (TPSA) is 54.5 Å². The van der Waals surface area contributed by atoms with Crippen molar-refractivity contribution in [3.05, 3.63) is 95.9 Å². The number of anilines is 2. The van der Waals surface area contributed by atoms with Gasteiger partial charge in [0.15, 0.2) is 0 Å². The molecule has 1 aliphatic rings. The van der Waals surface area contributed by atoms with Gasteiger partial charge in [0.1, 0.15) is 17.7 Å². The molecule has 0 saturated carbocycles. The number of pyridine rings is 1. The number of aromatic nitrogens is 1. The summed E-state index contributed by atoms with van der Waals surface area (Å²) in [6, 6.07) is 18.0. The van der Waals surface area contributed by atoms with Crippen molar-refractivity contribution in [1.82, 2.24) is 9.88 Å². The van der Waals surface area contributed by atoms with Crippen LogP contribution in [-0.4, -0.2) is 35.0 Å². The summed E-state index contributed by atoms with van der Waals surface area (Å²) in [6.07, 6.45) is -1.68. The summed E-state index contributed by atoms with van der Waals surface area (Å²) in [7, 11) is 0. The number of fused-ring (bicyclic) bond motifs is 1. The van der Waals surface area contributed by atoms with Crippen LogP contribution in [0.2, 0.25) is 0 Å². The molecule has 0 radical (unpaired) electrons. The maximum atomic E-state index is 13.1. The normalized spacial score (nSPS) is 14.2. The number of nitrogens with zero attached hydrogens (tertiary/aromatic N) is 2. The van der Waals surface area contributed by atoms with Crippen LogP contribution < -0.4 is 10.1 Å². The molecule has 1 fully saturated rings. The van der Waals surface area contributed by atoms with Crippen molar-refractivity contribution >= 4 is 40.6 Å². The summed E-state index contributed by atoms with van der Waals surface area (Å²) in [5, 5.41) is 3.75. The molecule has 5 nitrogen and oxygen atoms in total. The lowest BCUT2D eigenvalue weighted by Crippen LogP contribution is -2.41. The lowest BCUT2D eigenvalue weighted by Gasteiger charge is -2.32. The van der Waals surface area contributed by atoms with Crippen molar-refractivity contribution in [3.63, 3.8) is 0 Å². The van der Waals surface area contributed by atoms with Gasteiger partial charge in [-0.15, -0.1) is 12.4 Å². The Labute approximate surface area is 222 Å². The number of hydrogen-bond donors (Lipinski definition) is 1. The van der Waals surface area contributed by atoms with Crippen molar-refractivity contribution in [1.29, 1.82) is 0 Å². The number of carbonyl (C=O) groups is 1. The van der Waals surface area contributed by atoms with Gasteiger partial charge in [-0.05, 0) is 66.7 Å². The van der Waals surface area contributed by atoms with Crippen LogP contribution in [-0.2, 0) is 6.18 Å². The Morgan fingerprint density at radius 1 is 0.947 bits per heavy atom. The van der Waals surface area contributed by atoms with Crippen LogP contribution in [0.4, 0.5) is 28.9 Å². The van der Waals surface area contributed by atoms with Gasteiger partial charge in [0.2, 0.25) is 0 Å². The van der Waals surface area contributed by atoms with Gasteiger partial charge in [-0.1, -0.05) is 6.07 Å². The van der Waals surface area contributed by atoms with E-state index in [-0.39, 0.29) is 35.8 Å². The van der Waals surface area contributed by atoms with E-state index in [1.54, 1.807) is 47.4 Å². The number of ether oxygens (including phenoxy) is 1. The van der Waals surface area contributed by atoms with Crippen molar-refractivity contribution < 1.29 is 27.1 Å². The van der Waals surface area contributed by atoms with E-state index in [1.165, 1.54) is 24.4 Å². The molecular formula is C28H24ClF4N3O2. The first-order valence-corrected chi connectivity index (χ1v) is 11.8. The second-order valence-electron chi connectivity index (χ2n) is 8.85. The number of benzene rings is 3. The van der Waals surface area contributed by atoms with Gasteiger partial charge >= 0.3 is 6.18 Å². The van der Waals surface area contributed by atoms with Crippen LogP contribution in [0.15, 0.2) is 79.0 Å². The van der Waals surface area contributed by atoms with Crippen LogP contribution in [0.1, 0.15) is 28.8 Å². The fourth-order valence-corrected chi connectivity index (χ4v) is 4.35. The summed E-state index contributed by atoms with van der Waals surface area (Å²) in [4.78, 5) is 18.8. The van der Waals surface area contributed by atoms with Crippen molar-refractivity contribution in [2.75, 3.05) is 18.4 Å². The zero-order chi connectivity index (χ0) is 26.0. The van der Waals surface area contributed by atoms with E-state index in [2.05, 4.69) is 10.3 Å². The third kappa shape index (κ3) is 6.16. The monoisotopic (exact) mass is 545 g/mol. The Morgan fingerprint density at radius 2 is 1.63 bits per heavy atom. The fraction of sp³-hybridized carbons (Fsp3) is 0.214. The number of nitrogens with one attached hydrogen (secondary N) is 1.